The zero-order chi connectivity index (χ0) is 37.2. The number of alkyl halides is 5. The number of pyridine rings is 1. The smallest absolute Gasteiger partial charge is 0.475 e. The predicted molar refractivity (Wildman–Crippen MR) is 179 cm³/mol. The number of hydrogen-bond donors (Lipinski definition) is 2. The Morgan fingerprint density at radius 1 is 1.08 bits per heavy atom. The number of halogens is 5. The second-order valence-corrected chi connectivity index (χ2v) is 13.6. The lowest BCUT2D eigenvalue weighted by atomic mass is 9.68. The largest absolute Gasteiger partial charge is 0.490 e. The number of amides is 1. The van der Waals surface area contributed by atoms with Crippen LogP contribution in [0.3, 0.4) is 0 Å². The van der Waals surface area contributed by atoms with Gasteiger partial charge in [0.25, 0.3) is 6.43 Å². The highest BCUT2D eigenvalue weighted by atomic mass is 19.4. The lowest BCUT2D eigenvalue weighted by Gasteiger charge is -2.53. The van der Waals surface area contributed by atoms with E-state index in [-0.39, 0.29) is 11.4 Å². The van der Waals surface area contributed by atoms with Crippen LogP contribution in [0.25, 0.3) is 44.3 Å². The maximum absolute atomic E-state index is 14.3. The molecule has 0 atom stereocenters. The molecule has 2 N–H and O–H groups in total. The van der Waals surface area contributed by atoms with Crippen molar-refractivity contribution in [3.8, 4) is 28.5 Å². The molecular weight excluding hydrogens is 689 g/mol. The number of carboxylic acid groups (broad SMARTS) is 1. The Labute approximate surface area is 293 Å². The van der Waals surface area contributed by atoms with Crippen LogP contribution in [0.5, 0.6) is 0 Å². The molecule has 1 amide bonds. The summed E-state index contributed by atoms with van der Waals surface area (Å²) in [6.45, 7) is 0.968. The van der Waals surface area contributed by atoms with E-state index in [0.29, 0.717) is 36.2 Å². The Morgan fingerprint density at radius 3 is 2.40 bits per heavy atom. The van der Waals surface area contributed by atoms with Gasteiger partial charge >= 0.3 is 12.1 Å². The van der Waals surface area contributed by atoms with E-state index in [1.165, 1.54) is 4.68 Å². The number of carbonyl (C=O) groups excluding carboxylic acids is 1. The van der Waals surface area contributed by atoms with E-state index in [0.717, 1.165) is 71.0 Å². The lowest BCUT2D eigenvalue weighted by molar-refractivity contribution is -0.192. The van der Waals surface area contributed by atoms with E-state index in [1.807, 2.05) is 37.1 Å². The van der Waals surface area contributed by atoms with Crippen molar-refractivity contribution in [2.24, 2.45) is 7.05 Å². The van der Waals surface area contributed by atoms with Gasteiger partial charge in [0.05, 0.1) is 53.4 Å². The molecule has 52 heavy (non-hydrogen) atoms. The number of aryl methyl sites for hydroxylation is 1. The van der Waals surface area contributed by atoms with Crippen molar-refractivity contribution >= 4 is 39.5 Å². The second-order valence-electron chi connectivity index (χ2n) is 13.6. The molecule has 0 bridgehead atoms. The van der Waals surface area contributed by atoms with Crippen molar-refractivity contribution in [2.45, 2.75) is 68.6 Å². The highest BCUT2D eigenvalue weighted by Crippen LogP contribution is 2.55. The Kier molecular flexibility index (Phi) is 8.55. The van der Waals surface area contributed by atoms with E-state index in [2.05, 4.69) is 32.2 Å². The summed E-state index contributed by atoms with van der Waals surface area (Å²) in [4.78, 5) is 35.7. The van der Waals surface area contributed by atoms with E-state index in [4.69, 9.17) is 14.9 Å². The van der Waals surface area contributed by atoms with Gasteiger partial charge in [-0.2, -0.15) is 28.6 Å². The summed E-state index contributed by atoms with van der Waals surface area (Å²) in [6, 6.07) is 8.55. The lowest BCUT2D eigenvalue weighted by Crippen LogP contribution is -2.59. The highest BCUT2D eigenvalue weighted by molar-refractivity contribution is 6.16. The standard InChI is InChI=1S/C33H33F2N9O.C2HF3O2/c1-41-24-17-37-30-27(28(24)33(31(41)45)9-12-43(13-10-33)32(8-11-36)6-3-7-32)26(20-4-5-23-21(14-20)15-38-42(23)2)29(40-30)22-16-39-44(18-22)19-25(34)35;3-2(4,5)1(6)7/h4-5,14-18,25H,3,6-10,12-13,19H2,1-2H3,(H,37,40);(H,6,7). The highest BCUT2D eigenvalue weighted by Gasteiger charge is 2.55. The molecule has 0 unspecified atom stereocenters. The predicted octanol–water partition coefficient (Wildman–Crippen LogP) is 6.02. The molecule has 6 heterocycles. The summed E-state index contributed by atoms with van der Waals surface area (Å²) >= 11 is 0. The van der Waals surface area contributed by atoms with Crippen LogP contribution in [0.4, 0.5) is 27.6 Å². The molecule has 1 aromatic carbocycles. The molecule has 1 saturated carbocycles. The first kappa shape index (κ1) is 35.1. The van der Waals surface area contributed by atoms with E-state index < -0.39 is 30.5 Å². The minimum atomic E-state index is -5.08. The number of nitriles is 1. The van der Waals surface area contributed by atoms with Crippen molar-refractivity contribution in [1.82, 2.24) is 34.4 Å². The quantitative estimate of drug-likeness (QED) is 0.202. The fraction of sp³-hybridized carbons (Fsp3) is 0.429. The Morgan fingerprint density at radius 2 is 1.79 bits per heavy atom. The number of hydrogen-bond acceptors (Lipinski definition) is 7. The number of anilines is 1. The first-order valence-electron chi connectivity index (χ1n) is 16.7. The average molecular weight is 724 g/mol. The number of benzene rings is 1. The van der Waals surface area contributed by atoms with E-state index in [9.17, 15) is 32.0 Å². The minimum absolute atomic E-state index is 0.0653. The van der Waals surface area contributed by atoms with Gasteiger partial charge in [-0.15, -0.1) is 0 Å². The normalized spacial score (nSPS) is 18.1. The molecule has 2 aliphatic heterocycles. The van der Waals surface area contributed by atoms with Gasteiger partial charge in [-0.3, -0.25) is 19.1 Å². The van der Waals surface area contributed by atoms with Crippen molar-refractivity contribution in [3.63, 3.8) is 0 Å². The number of aromatic nitrogens is 6. The van der Waals surface area contributed by atoms with Gasteiger partial charge in [0.2, 0.25) is 5.91 Å². The fourth-order valence-corrected chi connectivity index (χ4v) is 8.14. The fourth-order valence-electron chi connectivity index (χ4n) is 8.14. The van der Waals surface area contributed by atoms with Crippen LogP contribution in [0, 0.1) is 11.3 Å². The van der Waals surface area contributed by atoms with Gasteiger partial charge in [0, 0.05) is 66.4 Å². The topological polar surface area (TPSA) is 149 Å². The molecule has 1 spiro atoms. The molecule has 8 rings (SSSR count). The van der Waals surface area contributed by atoms with Crippen LogP contribution in [-0.2, 0) is 28.6 Å². The summed E-state index contributed by atoms with van der Waals surface area (Å²) in [5.74, 6) is -2.69. The molecule has 5 aromatic rings. The Hall–Kier alpha value is -5.37. The van der Waals surface area contributed by atoms with Gasteiger partial charge in [0.1, 0.15) is 12.2 Å². The maximum atomic E-state index is 14.3. The summed E-state index contributed by atoms with van der Waals surface area (Å²) in [6.07, 6.45) is 4.17. The van der Waals surface area contributed by atoms with Gasteiger partial charge in [-0.25, -0.2) is 18.6 Å². The maximum Gasteiger partial charge on any atom is 0.490 e. The molecular formula is C35H34F5N9O3. The molecule has 17 heteroatoms. The molecule has 2 fully saturated rings. The number of aromatic amines is 1. The monoisotopic (exact) mass is 723 g/mol. The van der Waals surface area contributed by atoms with Crippen molar-refractivity contribution in [2.75, 3.05) is 25.0 Å². The van der Waals surface area contributed by atoms with Crippen LogP contribution in [-0.4, -0.2) is 89.7 Å². The van der Waals surface area contributed by atoms with Crippen LogP contribution in [0.15, 0.2) is 43.0 Å². The summed E-state index contributed by atoms with van der Waals surface area (Å²) in [5.41, 5.74) is 5.69. The van der Waals surface area contributed by atoms with Gasteiger partial charge < -0.3 is 15.0 Å². The average Bonchev–Trinajstić information content (AvgIpc) is 3.84. The molecule has 272 valence electrons. The minimum Gasteiger partial charge on any atom is -0.475 e. The number of piperidine rings is 1. The summed E-state index contributed by atoms with van der Waals surface area (Å²) in [7, 11) is 3.72. The number of likely N-dealkylation sites (tertiary alicyclic amines) is 1. The van der Waals surface area contributed by atoms with Crippen molar-refractivity contribution in [3.05, 3.63) is 48.5 Å². The first-order valence-corrected chi connectivity index (χ1v) is 16.7. The summed E-state index contributed by atoms with van der Waals surface area (Å²) in [5, 5.41) is 27.2. The number of H-pyrrole nitrogens is 1. The Bertz CT molecular complexity index is 2240. The number of aliphatic carboxylic acids is 1. The van der Waals surface area contributed by atoms with Crippen molar-refractivity contribution in [1.29, 1.82) is 5.26 Å². The molecule has 1 saturated heterocycles. The summed E-state index contributed by atoms with van der Waals surface area (Å²) < 4.78 is 61.3. The number of nitrogens with zero attached hydrogens (tertiary/aromatic N) is 8. The molecule has 1 aliphatic carbocycles. The van der Waals surface area contributed by atoms with Crippen LogP contribution >= 0.6 is 0 Å². The number of rotatable bonds is 6. The third-order valence-corrected chi connectivity index (χ3v) is 10.9. The van der Waals surface area contributed by atoms with Crippen LogP contribution in [0.2, 0.25) is 0 Å². The van der Waals surface area contributed by atoms with Crippen LogP contribution < -0.4 is 4.90 Å². The second kappa shape index (κ2) is 12.7. The first-order chi connectivity index (χ1) is 24.7. The van der Waals surface area contributed by atoms with Gasteiger partial charge in [-0.05, 0) is 49.8 Å². The van der Waals surface area contributed by atoms with Crippen molar-refractivity contribution < 1.29 is 36.6 Å². The zero-order valence-corrected chi connectivity index (χ0v) is 28.2. The SMILES string of the molecule is CN1C(=O)C2(CCN(C3(CC#N)CCC3)CC2)c2c1cnc1[nH]c(-c3cnn(CC(F)F)c3)c(-c3ccc4c(cnn4C)c3)c21.O=C(O)C(F)(F)F. The number of nitrogens with one attached hydrogen (secondary N) is 1. The number of carboxylic acids is 1. The Balaban J connectivity index is 0.000000548. The number of fused-ring (bicyclic) bond motifs is 5. The zero-order valence-electron chi connectivity index (χ0n) is 28.2. The molecule has 0 radical (unpaired) electrons. The number of carbonyl (C=O) groups is 2. The number of likely N-dealkylation sites (N-methyl/N-ethyl adjacent to an activating group) is 1. The third-order valence-electron chi connectivity index (χ3n) is 10.9. The van der Waals surface area contributed by atoms with E-state index in [1.54, 1.807) is 23.5 Å². The molecule has 4 aromatic heterocycles. The van der Waals surface area contributed by atoms with Gasteiger partial charge in [-0.1, -0.05) is 6.07 Å². The van der Waals surface area contributed by atoms with E-state index >= 15 is 0 Å². The molecule has 12 nitrogen and oxygen atoms in total. The van der Waals surface area contributed by atoms with Gasteiger partial charge in [0.15, 0.2) is 0 Å². The molecule has 3 aliphatic rings. The van der Waals surface area contributed by atoms with Crippen LogP contribution in [0.1, 0.15) is 44.1 Å². The third kappa shape index (κ3) is 5.65.